The number of amides is 2. The van der Waals surface area contributed by atoms with Crippen LogP contribution in [0.4, 0.5) is 4.79 Å². The van der Waals surface area contributed by atoms with E-state index in [0.717, 1.165) is 0 Å². The van der Waals surface area contributed by atoms with Gasteiger partial charge in [0.05, 0.1) is 12.1 Å². The average molecular weight is 328 g/mol. The summed E-state index contributed by atoms with van der Waals surface area (Å²) in [4.78, 5) is 13.5. The topological polar surface area (TPSA) is 116 Å². The van der Waals surface area contributed by atoms with Crippen LogP contribution in [0.25, 0.3) is 0 Å². The van der Waals surface area contributed by atoms with E-state index in [1.165, 1.54) is 16.2 Å². The smallest absolute Gasteiger partial charge is 0.724 e. The second kappa shape index (κ2) is 5.83. The van der Waals surface area contributed by atoms with Gasteiger partial charge in [0, 0.05) is 6.54 Å². The van der Waals surface area contributed by atoms with Crippen LogP contribution in [0, 0.1) is 0 Å². The Balaban J connectivity index is 0.00000147. The van der Waals surface area contributed by atoms with E-state index in [1.54, 1.807) is 5.51 Å². The van der Waals surface area contributed by atoms with Crippen molar-refractivity contribution >= 4 is 27.8 Å². The third-order valence-corrected chi connectivity index (χ3v) is 4.29. The predicted molar refractivity (Wildman–Crippen MR) is 60.4 cm³/mol. The summed E-state index contributed by atoms with van der Waals surface area (Å²) in [5.74, 6) is 0. The van der Waals surface area contributed by atoms with Crippen molar-refractivity contribution in [3.8, 4) is 0 Å². The minimum Gasteiger partial charge on any atom is -0.724 e. The van der Waals surface area contributed by atoms with Crippen LogP contribution < -0.4 is 29.6 Å². The first-order chi connectivity index (χ1) is 8.96. The van der Waals surface area contributed by atoms with E-state index in [0.29, 0.717) is 29.5 Å². The Kier molecular flexibility index (Phi) is 4.69. The van der Waals surface area contributed by atoms with Crippen LogP contribution in [-0.4, -0.2) is 51.7 Å². The minimum absolute atomic E-state index is 0. The van der Waals surface area contributed by atoms with Gasteiger partial charge in [-0.25, -0.2) is 13.2 Å². The molecule has 20 heavy (non-hydrogen) atoms. The first kappa shape index (κ1) is 16.1. The van der Waals surface area contributed by atoms with Gasteiger partial charge in [-0.3, -0.25) is 0 Å². The van der Waals surface area contributed by atoms with Gasteiger partial charge < -0.3 is 9.45 Å². The monoisotopic (exact) mass is 328 g/mol. The fraction of sp³-hybridized carbons (Fsp3) is 0.625. The Labute approximate surface area is 141 Å². The molecule has 2 saturated heterocycles. The predicted octanol–water partition coefficient (Wildman–Crippen LogP) is -3.12. The number of carbonyl (C=O) groups is 1. The van der Waals surface area contributed by atoms with Gasteiger partial charge in [-0.1, -0.05) is 0 Å². The standard InChI is InChI=1S/C8H10N4O5S2.Na/c13-8-11-3-5(12(8)17-19(14,15)16)1-2-6(11)7-10-9-4-18-7;/h4-6H,1-3H2,(H,14,15,16);/q;+1/p-1/t5-,6+;/m1./s1. The van der Waals surface area contributed by atoms with Crippen LogP contribution in [0.2, 0.25) is 0 Å². The van der Waals surface area contributed by atoms with Crippen molar-refractivity contribution in [2.24, 2.45) is 0 Å². The third-order valence-electron chi connectivity index (χ3n) is 3.16. The SMILES string of the molecule is O=C1N2C[C@@H](CC[C@H]2c2nncs2)N1OS(=O)(=O)[O-].[Na+]. The van der Waals surface area contributed by atoms with E-state index in [4.69, 9.17) is 0 Å². The van der Waals surface area contributed by atoms with Crippen LogP contribution >= 0.6 is 11.3 Å². The number of urea groups is 1. The summed E-state index contributed by atoms with van der Waals surface area (Å²) in [5.41, 5.74) is 1.57. The molecule has 2 atom stereocenters. The van der Waals surface area contributed by atoms with E-state index in [9.17, 15) is 17.8 Å². The summed E-state index contributed by atoms with van der Waals surface area (Å²) in [6, 6.07) is -1.28. The first-order valence-corrected chi connectivity index (χ1v) is 7.68. The van der Waals surface area contributed by atoms with Gasteiger partial charge in [-0.15, -0.1) is 21.5 Å². The summed E-state index contributed by atoms with van der Waals surface area (Å²) < 4.78 is 36.1. The maximum absolute atomic E-state index is 12.1. The molecule has 12 heteroatoms. The molecule has 0 aliphatic carbocycles. The number of hydroxylamine groups is 2. The van der Waals surface area contributed by atoms with Crippen molar-refractivity contribution in [3.63, 3.8) is 0 Å². The van der Waals surface area contributed by atoms with Crippen molar-refractivity contribution in [3.05, 3.63) is 10.5 Å². The molecule has 1 aromatic heterocycles. The molecular formula is C8H9N4NaO5S2. The largest absolute Gasteiger partial charge is 1.00 e. The number of nitrogens with zero attached hydrogens (tertiary/aromatic N) is 4. The molecule has 3 rings (SSSR count). The zero-order valence-electron chi connectivity index (χ0n) is 10.5. The number of piperidine rings is 1. The molecule has 2 fully saturated rings. The fourth-order valence-electron chi connectivity index (χ4n) is 2.41. The molecule has 2 aliphatic rings. The van der Waals surface area contributed by atoms with E-state index in [-0.39, 0.29) is 35.6 Å². The Morgan fingerprint density at radius 2 is 2.20 bits per heavy atom. The van der Waals surface area contributed by atoms with E-state index >= 15 is 0 Å². The Bertz CT molecular complexity index is 594. The Morgan fingerprint density at radius 3 is 2.80 bits per heavy atom. The van der Waals surface area contributed by atoms with Gasteiger partial charge in [-0.05, 0) is 12.8 Å². The molecule has 0 spiro atoms. The summed E-state index contributed by atoms with van der Waals surface area (Å²) in [6.07, 6.45) is 1.17. The van der Waals surface area contributed by atoms with Gasteiger partial charge >= 0.3 is 35.6 Å². The maximum atomic E-state index is 12.1. The van der Waals surface area contributed by atoms with E-state index < -0.39 is 22.5 Å². The van der Waals surface area contributed by atoms with Crippen molar-refractivity contribution in [1.29, 1.82) is 0 Å². The van der Waals surface area contributed by atoms with Gasteiger partial charge in [0.15, 0.2) is 0 Å². The van der Waals surface area contributed by atoms with Gasteiger partial charge in [0.1, 0.15) is 10.5 Å². The molecule has 0 N–H and O–H groups in total. The average Bonchev–Trinajstić information content (AvgIpc) is 2.93. The summed E-state index contributed by atoms with van der Waals surface area (Å²) in [5, 5.41) is 9.00. The van der Waals surface area contributed by atoms with E-state index in [1.807, 2.05) is 0 Å². The van der Waals surface area contributed by atoms with Gasteiger partial charge in [-0.2, -0.15) is 9.35 Å². The fourth-order valence-corrected chi connectivity index (χ4v) is 3.49. The minimum atomic E-state index is -4.95. The van der Waals surface area contributed by atoms with Crippen molar-refractivity contribution in [2.45, 2.75) is 24.9 Å². The number of rotatable bonds is 3. The third kappa shape index (κ3) is 2.98. The van der Waals surface area contributed by atoms with Crippen molar-refractivity contribution in [2.75, 3.05) is 6.54 Å². The summed E-state index contributed by atoms with van der Waals surface area (Å²) in [7, 11) is -4.95. The van der Waals surface area contributed by atoms with Gasteiger partial charge in [0.2, 0.25) is 10.4 Å². The molecule has 1 aromatic rings. The quantitative estimate of drug-likeness (QED) is 0.327. The van der Waals surface area contributed by atoms with E-state index in [2.05, 4.69) is 14.5 Å². The second-order valence-corrected chi connectivity index (χ2v) is 6.10. The Hall–Kier alpha value is -0.300. The molecule has 9 nitrogen and oxygen atoms in total. The number of aromatic nitrogens is 2. The van der Waals surface area contributed by atoms with Crippen LogP contribution in [0.15, 0.2) is 5.51 Å². The van der Waals surface area contributed by atoms with Crippen LogP contribution in [0.5, 0.6) is 0 Å². The maximum Gasteiger partial charge on any atom is 1.00 e. The first-order valence-electron chi connectivity index (χ1n) is 5.47. The molecular weight excluding hydrogens is 319 g/mol. The number of hydrogen-bond donors (Lipinski definition) is 0. The molecule has 0 aromatic carbocycles. The molecule has 0 saturated carbocycles. The van der Waals surface area contributed by atoms with Crippen LogP contribution in [-0.2, 0) is 14.7 Å². The van der Waals surface area contributed by atoms with Crippen LogP contribution in [0.3, 0.4) is 0 Å². The molecule has 2 amide bonds. The number of hydrogen-bond acceptors (Lipinski definition) is 8. The molecule has 3 heterocycles. The van der Waals surface area contributed by atoms with Crippen molar-refractivity contribution < 1.29 is 51.6 Å². The summed E-state index contributed by atoms with van der Waals surface area (Å²) >= 11 is 1.33. The summed E-state index contributed by atoms with van der Waals surface area (Å²) in [6.45, 7) is 0.318. The second-order valence-electron chi connectivity index (χ2n) is 4.27. The number of carbonyl (C=O) groups excluding carboxylic acids is 1. The normalized spacial score (nSPS) is 25.8. The number of fused-ring (bicyclic) bond motifs is 2. The molecule has 0 radical (unpaired) electrons. The molecule has 0 unspecified atom stereocenters. The molecule has 104 valence electrons. The van der Waals surface area contributed by atoms with Crippen LogP contribution in [0.1, 0.15) is 23.9 Å². The van der Waals surface area contributed by atoms with Crippen molar-refractivity contribution in [1.82, 2.24) is 20.2 Å². The molecule has 2 aliphatic heterocycles. The Morgan fingerprint density at radius 1 is 1.45 bits per heavy atom. The zero-order chi connectivity index (χ0) is 13.6. The molecule has 2 bridgehead atoms. The zero-order valence-corrected chi connectivity index (χ0v) is 14.1. The van der Waals surface area contributed by atoms with Gasteiger partial charge in [0.25, 0.3) is 0 Å².